The highest BCUT2D eigenvalue weighted by Gasteiger charge is 2.62. The van der Waals surface area contributed by atoms with Gasteiger partial charge < -0.3 is 14.2 Å². The number of hydrogen-bond donors (Lipinski definition) is 0. The van der Waals surface area contributed by atoms with Crippen LogP contribution in [0.5, 0.6) is 11.5 Å². The first-order chi connectivity index (χ1) is 16.7. The van der Waals surface area contributed by atoms with Crippen molar-refractivity contribution in [3.63, 3.8) is 0 Å². The summed E-state index contributed by atoms with van der Waals surface area (Å²) in [5.74, 6) is -2.31. The van der Waals surface area contributed by atoms with E-state index in [1.54, 1.807) is 43.3 Å². The van der Waals surface area contributed by atoms with E-state index in [9.17, 15) is 19.6 Å². The van der Waals surface area contributed by atoms with Gasteiger partial charge in [0.25, 0.3) is 0 Å². The van der Waals surface area contributed by atoms with Crippen LogP contribution in [0, 0.1) is 28.6 Å². The van der Waals surface area contributed by atoms with Crippen LogP contribution in [0.2, 0.25) is 0 Å². The first-order valence-electron chi connectivity index (χ1n) is 11.1. The van der Waals surface area contributed by atoms with Gasteiger partial charge in [-0.05, 0) is 42.5 Å². The Labute approximate surface area is 209 Å². The number of nitrogens with zero attached hydrogens (tertiary/aromatic N) is 1. The topological polar surface area (TPSA) is 103 Å². The second-order valence-electron chi connectivity index (χ2n) is 8.62. The molecule has 2 aromatic carbocycles. The maximum Gasteiger partial charge on any atom is 0.341 e. The Morgan fingerprint density at radius 2 is 1.80 bits per heavy atom. The number of para-hydroxylation sites is 1. The van der Waals surface area contributed by atoms with Crippen molar-refractivity contribution in [3.8, 4) is 17.6 Å². The molecule has 3 atom stereocenters. The zero-order valence-corrected chi connectivity index (χ0v) is 20.5. The number of nitriles is 1. The summed E-state index contributed by atoms with van der Waals surface area (Å²) in [6.07, 6.45) is 0.279. The summed E-state index contributed by atoms with van der Waals surface area (Å²) in [5, 5.41) is 9.69. The second-order valence-corrected chi connectivity index (χ2v) is 8.88. The number of alkyl halides is 1. The lowest BCUT2D eigenvalue weighted by atomic mass is 10.1. The van der Waals surface area contributed by atoms with Gasteiger partial charge in [-0.1, -0.05) is 50.3 Å². The molecule has 0 bridgehead atoms. The summed E-state index contributed by atoms with van der Waals surface area (Å²) in [6.45, 7) is 5.37. The van der Waals surface area contributed by atoms with Crippen LogP contribution in [-0.2, 0) is 23.9 Å². The van der Waals surface area contributed by atoms with Gasteiger partial charge in [0.15, 0.2) is 5.78 Å². The highest BCUT2D eigenvalue weighted by Crippen LogP contribution is 2.60. The van der Waals surface area contributed by atoms with Crippen LogP contribution in [0.15, 0.2) is 66.2 Å². The molecule has 1 saturated carbocycles. The Balaban J connectivity index is 1.76. The minimum Gasteiger partial charge on any atom is -0.462 e. The van der Waals surface area contributed by atoms with Crippen molar-refractivity contribution in [1.82, 2.24) is 0 Å². The van der Waals surface area contributed by atoms with Gasteiger partial charge in [-0.15, -0.1) is 11.6 Å². The van der Waals surface area contributed by atoms with Crippen molar-refractivity contribution in [2.75, 3.05) is 12.5 Å². The van der Waals surface area contributed by atoms with Gasteiger partial charge in [-0.25, -0.2) is 4.79 Å². The number of ether oxygens (including phenoxy) is 3. The maximum atomic E-state index is 13.0. The predicted octanol–water partition coefficient (Wildman–Crippen LogP) is 5.16. The lowest BCUT2D eigenvalue weighted by Gasteiger charge is -2.13. The van der Waals surface area contributed by atoms with E-state index in [0.717, 1.165) is 0 Å². The quantitative estimate of drug-likeness (QED) is 0.147. The van der Waals surface area contributed by atoms with E-state index in [-0.39, 0.29) is 18.1 Å². The third kappa shape index (κ3) is 6.09. The average Bonchev–Trinajstić information content (AvgIpc) is 3.40. The van der Waals surface area contributed by atoms with Crippen molar-refractivity contribution in [2.24, 2.45) is 17.3 Å². The van der Waals surface area contributed by atoms with Gasteiger partial charge in [-0.3, -0.25) is 9.59 Å². The fourth-order valence-electron chi connectivity index (χ4n) is 3.90. The van der Waals surface area contributed by atoms with Crippen LogP contribution >= 0.6 is 11.6 Å². The van der Waals surface area contributed by atoms with Crippen LogP contribution in [0.4, 0.5) is 0 Å². The number of carbonyl (C=O) groups excluding carboxylic acids is 3. The van der Waals surface area contributed by atoms with Crippen molar-refractivity contribution in [1.29, 1.82) is 5.26 Å². The van der Waals surface area contributed by atoms with Crippen molar-refractivity contribution in [2.45, 2.75) is 26.9 Å². The van der Waals surface area contributed by atoms with Gasteiger partial charge >= 0.3 is 11.9 Å². The summed E-state index contributed by atoms with van der Waals surface area (Å²) >= 11 is 5.65. The van der Waals surface area contributed by atoms with Crippen LogP contribution in [0.25, 0.3) is 0 Å². The molecule has 0 N–H and O–H groups in total. The number of ketones is 1. The molecular formula is C27H26ClNO6. The zero-order valence-electron chi connectivity index (χ0n) is 19.7. The molecule has 2 aromatic rings. The molecule has 3 unspecified atom stereocenters. The van der Waals surface area contributed by atoms with E-state index < -0.39 is 41.1 Å². The monoisotopic (exact) mass is 495 g/mol. The summed E-state index contributed by atoms with van der Waals surface area (Å²) in [7, 11) is 0. The van der Waals surface area contributed by atoms with Gasteiger partial charge in [0.1, 0.15) is 23.1 Å². The third-order valence-electron chi connectivity index (χ3n) is 5.92. The molecule has 0 saturated heterocycles. The highest BCUT2D eigenvalue weighted by molar-refractivity contribution is 6.34. The van der Waals surface area contributed by atoms with E-state index >= 15 is 0 Å². The molecule has 0 heterocycles. The molecule has 35 heavy (non-hydrogen) atoms. The maximum absolute atomic E-state index is 13.0. The Morgan fingerprint density at radius 3 is 2.43 bits per heavy atom. The number of benzene rings is 2. The van der Waals surface area contributed by atoms with E-state index in [1.807, 2.05) is 38.1 Å². The number of Topliss-reactive ketones (excluding diaryl/α,β-unsaturated/α-hetero) is 1. The predicted molar refractivity (Wildman–Crippen MR) is 129 cm³/mol. The third-order valence-corrected chi connectivity index (χ3v) is 6.16. The number of esters is 2. The zero-order chi connectivity index (χ0) is 25.6. The fraction of sp³-hybridized carbons (Fsp3) is 0.333. The molecule has 0 aliphatic heterocycles. The largest absolute Gasteiger partial charge is 0.462 e. The van der Waals surface area contributed by atoms with Crippen LogP contribution in [-0.4, -0.2) is 30.2 Å². The molecular weight excluding hydrogens is 470 g/mol. The van der Waals surface area contributed by atoms with E-state index in [0.29, 0.717) is 17.1 Å². The number of carbonyl (C=O) groups is 3. The number of hydrogen-bond acceptors (Lipinski definition) is 7. The summed E-state index contributed by atoms with van der Waals surface area (Å²) in [5.41, 5.74) is -0.304. The lowest BCUT2D eigenvalue weighted by molar-refractivity contribution is -0.149. The van der Waals surface area contributed by atoms with Gasteiger partial charge in [0, 0.05) is 5.56 Å². The Bertz CT molecular complexity index is 1170. The van der Waals surface area contributed by atoms with E-state index in [2.05, 4.69) is 0 Å². The smallest absolute Gasteiger partial charge is 0.341 e. The molecule has 0 aromatic heterocycles. The number of rotatable bonds is 10. The lowest BCUT2D eigenvalue weighted by Crippen LogP contribution is -2.18. The van der Waals surface area contributed by atoms with Gasteiger partial charge in [0.05, 0.1) is 18.4 Å². The molecule has 7 nitrogen and oxygen atoms in total. The summed E-state index contributed by atoms with van der Waals surface area (Å²) in [6, 6.07) is 17.9. The second kappa shape index (κ2) is 11.2. The van der Waals surface area contributed by atoms with E-state index in [1.165, 1.54) is 6.08 Å². The molecule has 1 aliphatic carbocycles. The normalized spacial score (nSPS) is 19.1. The Kier molecular flexibility index (Phi) is 8.31. The van der Waals surface area contributed by atoms with Crippen LogP contribution < -0.4 is 4.74 Å². The minimum atomic E-state index is -1.16. The van der Waals surface area contributed by atoms with Crippen LogP contribution in [0.1, 0.15) is 32.4 Å². The molecule has 0 radical (unpaired) electrons. The minimum absolute atomic E-state index is 0.0994. The van der Waals surface area contributed by atoms with E-state index in [4.69, 9.17) is 25.8 Å². The standard InChI is InChI=1S/C27H26ClNO6/c1-4-33-25(31)20(22(30)15-28)14-21-24(27(21,2)3)26(32)35-23(16-29)17-9-8-12-19(13-17)34-18-10-6-5-7-11-18/h5-14,21,23-24H,4,15H2,1-3H3/b20-14-. The molecule has 8 heteroatoms. The van der Waals surface area contributed by atoms with Crippen LogP contribution in [0.3, 0.4) is 0 Å². The highest BCUT2D eigenvalue weighted by atomic mass is 35.5. The molecule has 3 rings (SSSR count). The number of allylic oxidation sites excluding steroid dienone is 1. The van der Waals surface area contributed by atoms with Crippen molar-refractivity contribution >= 4 is 29.3 Å². The fourth-order valence-corrected chi connectivity index (χ4v) is 4.04. The summed E-state index contributed by atoms with van der Waals surface area (Å²) < 4.78 is 16.3. The molecule has 1 aliphatic rings. The first-order valence-corrected chi connectivity index (χ1v) is 11.7. The first kappa shape index (κ1) is 26.0. The Morgan fingerprint density at radius 1 is 1.11 bits per heavy atom. The van der Waals surface area contributed by atoms with Gasteiger partial charge in [0.2, 0.25) is 6.10 Å². The molecule has 182 valence electrons. The Hall–Kier alpha value is -3.63. The average molecular weight is 496 g/mol. The van der Waals surface area contributed by atoms with Gasteiger partial charge in [-0.2, -0.15) is 5.26 Å². The van der Waals surface area contributed by atoms with Crippen molar-refractivity contribution < 1.29 is 28.6 Å². The molecule has 1 fully saturated rings. The summed E-state index contributed by atoms with van der Waals surface area (Å²) in [4.78, 5) is 37.4. The molecule has 0 amide bonds. The SMILES string of the molecule is CCOC(=O)/C(=C\C1C(C(=O)OC(C#N)c2cccc(Oc3ccccc3)c2)C1(C)C)C(=O)CCl. The number of halogens is 1. The molecule has 0 spiro atoms. The van der Waals surface area contributed by atoms with Crippen molar-refractivity contribution in [3.05, 3.63) is 71.8 Å².